The molecule has 0 amide bonds. The fourth-order valence-corrected chi connectivity index (χ4v) is 3.24. The van der Waals surface area contributed by atoms with Gasteiger partial charge in [0.15, 0.2) is 11.6 Å². The van der Waals surface area contributed by atoms with Crippen molar-refractivity contribution in [2.24, 2.45) is 5.92 Å². The van der Waals surface area contributed by atoms with E-state index in [1.54, 1.807) is 0 Å². The molecule has 18 heavy (non-hydrogen) atoms. The molecule has 2 atom stereocenters. The van der Waals surface area contributed by atoms with Gasteiger partial charge in [-0.15, -0.1) is 0 Å². The molecular formula is C11H14F2N2O2S. The van der Waals surface area contributed by atoms with Crippen LogP contribution in [0.15, 0.2) is 23.1 Å². The number of hydrogen-bond acceptors (Lipinski definition) is 3. The molecule has 4 nitrogen and oxygen atoms in total. The summed E-state index contributed by atoms with van der Waals surface area (Å²) in [5.74, 6) is -2.08. The Hall–Kier alpha value is -1.05. The van der Waals surface area contributed by atoms with E-state index >= 15 is 0 Å². The molecule has 1 fully saturated rings. The third kappa shape index (κ3) is 2.68. The van der Waals surface area contributed by atoms with E-state index in [0.717, 1.165) is 18.7 Å². The molecule has 2 N–H and O–H groups in total. The van der Waals surface area contributed by atoms with Gasteiger partial charge in [-0.3, -0.25) is 0 Å². The topological polar surface area (TPSA) is 58.2 Å². The SMILES string of the molecule is CC1CNCC1NS(=O)(=O)c1ccc(F)c(F)c1. The van der Waals surface area contributed by atoms with E-state index in [1.165, 1.54) is 0 Å². The average molecular weight is 276 g/mol. The summed E-state index contributed by atoms with van der Waals surface area (Å²) in [6.07, 6.45) is 0. The zero-order valence-corrected chi connectivity index (χ0v) is 10.6. The predicted molar refractivity (Wildman–Crippen MR) is 62.5 cm³/mol. The van der Waals surface area contributed by atoms with Crippen molar-refractivity contribution < 1.29 is 17.2 Å². The lowest BCUT2D eigenvalue weighted by atomic mass is 10.1. The molecule has 2 rings (SSSR count). The number of benzene rings is 1. The third-order valence-corrected chi connectivity index (χ3v) is 4.51. The second-order valence-corrected chi connectivity index (χ2v) is 6.15. The summed E-state index contributed by atoms with van der Waals surface area (Å²) >= 11 is 0. The summed E-state index contributed by atoms with van der Waals surface area (Å²) in [6.45, 7) is 3.17. The minimum Gasteiger partial charge on any atom is -0.315 e. The first-order valence-corrected chi connectivity index (χ1v) is 7.06. The number of rotatable bonds is 3. The maximum Gasteiger partial charge on any atom is 0.240 e. The highest BCUT2D eigenvalue weighted by Gasteiger charge is 2.28. The lowest BCUT2D eigenvalue weighted by Gasteiger charge is -2.16. The first kappa shape index (κ1) is 13.4. The quantitative estimate of drug-likeness (QED) is 0.860. The van der Waals surface area contributed by atoms with E-state index < -0.39 is 21.7 Å². The van der Waals surface area contributed by atoms with Gasteiger partial charge in [-0.2, -0.15) is 0 Å². The van der Waals surface area contributed by atoms with Crippen molar-refractivity contribution in [2.75, 3.05) is 13.1 Å². The molecule has 0 aliphatic carbocycles. The molecule has 0 spiro atoms. The first-order valence-electron chi connectivity index (χ1n) is 5.58. The Bertz CT molecular complexity index is 548. The lowest BCUT2D eigenvalue weighted by Crippen LogP contribution is -2.39. The molecule has 0 bridgehead atoms. The minimum absolute atomic E-state index is 0.157. The van der Waals surface area contributed by atoms with Gasteiger partial charge in [0.25, 0.3) is 0 Å². The number of hydrogen-bond donors (Lipinski definition) is 2. The van der Waals surface area contributed by atoms with Crippen LogP contribution in [0.4, 0.5) is 8.78 Å². The zero-order valence-electron chi connectivity index (χ0n) is 9.78. The van der Waals surface area contributed by atoms with Crippen LogP contribution in [0.1, 0.15) is 6.92 Å². The Morgan fingerprint density at radius 3 is 2.56 bits per heavy atom. The van der Waals surface area contributed by atoms with E-state index in [-0.39, 0.29) is 16.9 Å². The van der Waals surface area contributed by atoms with Crippen molar-refractivity contribution in [1.29, 1.82) is 0 Å². The van der Waals surface area contributed by atoms with Crippen molar-refractivity contribution in [1.82, 2.24) is 10.0 Å². The van der Waals surface area contributed by atoms with Gasteiger partial charge in [0.2, 0.25) is 10.0 Å². The van der Waals surface area contributed by atoms with Gasteiger partial charge in [-0.25, -0.2) is 21.9 Å². The number of halogens is 2. The molecule has 0 aromatic heterocycles. The Labute approximate surface area is 104 Å². The second-order valence-electron chi connectivity index (χ2n) is 4.44. The number of sulfonamides is 1. The summed E-state index contributed by atoms with van der Waals surface area (Å²) in [5.41, 5.74) is 0. The molecule has 0 radical (unpaired) electrons. The molecule has 1 aromatic carbocycles. The molecule has 1 aliphatic heterocycles. The Morgan fingerprint density at radius 1 is 1.28 bits per heavy atom. The van der Waals surface area contributed by atoms with Crippen molar-refractivity contribution >= 4 is 10.0 Å². The normalized spacial score (nSPS) is 24.4. The predicted octanol–water partition coefficient (Wildman–Crippen LogP) is 0.851. The maximum atomic E-state index is 13.0. The van der Waals surface area contributed by atoms with Crippen LogP contribution < -0.4 is 10.0 Å². The van der Waals surface area contributed by atoms with Gasteiger partial charge >= 0.3 is 0 Å². The summed E-state index contributed by atoms with van der Waals surface area (Å²) in [4.78, 5) is -0.263. The van der Waals surface area contributed by atoms with Crippen molar-refractivity contribution in [2.45, 2.75) is 17.9 Å². The molecule has 2 unspecified atom stereocenters. The van der Waals surface area contributed by atoms with Crippen LogP contribution in [-0.2, 0) is 10.0 Å². The Morgan fingerprint density at radius 2 is 2.00 bits per heavy atom. The summed E-state index contributed by atoms with van der Waals surface area (Å²) in [7, 11) is -3.81. The summed E-state index contributed by atoms with van der Waals surface area (Å²) in [6, 6.07) is 2.31. The van der Waals surface area contributed by atoms with Gasteiger partial charge in [0.1, 0.15) is 0 Å². The molecular weight excluding hydrogens is 262 g/mol. The van der Waals surface area contributed by atoms with Crippen LogP contribution in [0.5, 0.6) is 0 Å². The first-order chi connectivity index (χ1) is 8.40. The second kappa shape index (κ2) is 4.91. The van der Waals surface area contributed by atoms with Gasteiger partial charge in [-0.1, -0.05) is 6.92 Å². The van der Waals surface area contributed by atoms with Crippen LogP contribution in [-0.4, -0.2) is 27.5 Å². The minimum atomic E-state index is -3.81. The third-order valence-electron chi connectivity index (χ3n) is 3.03. The van der Waals surface area contributed by atoms with Crippen LogP contribution in [0.3, 0.4) is 0 Å². The van der Waals surface area contributed by atoms with Gasteiger partial charge < -0.3 is 5.32 Å². The van der Waals surface area contributed by atoms with E-state index in [2.05, 4.69) is 10.0 Å². The van der Waals surface area contributed by atoms with Crippen molar-refractivity contribution in [3.05, 3.63) is 29.8 Å². The van der Waals surface area contributed by atoms with Crippen molar-refractivity contribution in [3.63, 3.8) is 0 Å². The highest BCUT2D eigenvalue weighted by atomic mass is 32.2. The van der Waals surface area contributed by atoms with Gasteiger partial charge in [0.05, 0.1) is 4.90 Å². The largest absolute Gasteiger partial charge is 0.315 e. The number of nitrogens with one attached hydrogen (secondary N) is 2. The smallest absolute Gasteiger partial charge is 0.240 e. The molecule has 100 valence electrons. The van der Waals surface area contributed by atoms with Crippen LogP contribution in [0.25, 0.3) is 0 Å². The van der Waals surface area contributed by atoms with Gasteiger partial charge in [0, 0.05) is 12.6 Å². The van der Waals surface area contributed by atoms with E-state index in [0.29, 0.717) is 12.6 Å². The molecule has 1 heterocycles. The highest BCUT2D eigenvalue weighted by molar-refractivity contribution is 7.89. The van der Waals surface area contributed by atoms with E-state index in [4.69, 9.17) is 0 Å². The zero-order chi connectivity index (χ0) is 13.3. The summed E-state index contributed by atoms with van der Waals surface area (Å²) < 4.78 is 52.2. The van der Waals surface area contributed by atoms with Crippen LogP contribution >= 0.6 is 0 Å². The molecule has 1 saturated heterocycles. The summed E-state index contributed by atoms with van der Waals surface area (Å²) in [5, 5.41) is 3.06. The fourth-order valence-electron chi connectivity index (χ4n) is 1.88. The van der Waals surface area contributed by atoms with E-state index in [1.807, 2.05) is 6.92 Å². The molecule has 1 aromatic rings. The Kier molecular flexibility index (Phi) is 3.65. The van der Waals surface area contributed by atoms with Crippen LogP contribution in [0, 0.1) is 17.6 Å². The fraction of sp³-hybridized carbons (Fsp3) is 0.455. The van der Waals surface area contributed by atoms with Crippen LogP contribution in [0.2, 0.25) is 0 Å². The highest BCUT2D eigenvalue weighted by Crippen LogP contribution is 2.16. The monoisotopic (exact) mass is 276 g/mol. The standard InChI is InChI=1S/C11H14F2N2O2S/c1-7-5-14-6-11(7)15-18(16,17)8-2-3-9(12)10(13)4-8/h2-4,7,11,14-15H,5-6H2,1H3. The van der Waals surface area contributed by atoms with Gasteiger partial charge in [-0.05, 0) is 30.7 Å². The van der Waals surface area contributed by atoms with E-state index in [9.17, 15) is 17.2 Å². The Balaban J connectivity index is 2.22. The molecule has 1 aliphatic rings. The molecule has 7 heteroatoms. The van der Waals surface area contributed by atoms with Crippen molar-refractivity contribution in [3.8, 4) is 0 Å². The molecule has 0 saturated carbocycles. The lowest BCUT2D eigenvalue weighted by molar-refractivity contribution is 0.495. The average Bonchev–Trinajstić information content (AvgIpc) is 2.67. The maximum absolute atomic E-state index is 13.0.